The van der Waals surface area contributed by atoms with E-state index in [2.05, 4.69) is 17.1 Å². The summed E-state index contributed by atoms with van der Waals surface area (Å²) in [5.41, 5.74) is 1.93. The van der Waals surface area contributed by atoms with Crippen molar-refractivity contribution in [2.24, 2.45) is 0 Å². The average molecular weight is 650 g/mol. The van der Waals surface area contributed by atoms with E-state index in [1.54, 1.807) is 42.5 Å². The van der Waals surface area contributed by atoms with Gasteiger partial charge < -0.3 is 14.6 Å². The number of thioether (sulfide) groups is 1. The molecule has 0 bridgehead atoms. The molecule has 12 heteroatoms. The Bertz CT molecular complexity index is 1710. The van der Waals surface area contributed by atoms with Crippen LogP contribution in [-0.4, -0.2) is 46.7 Å². The van der Waals surface area contributed by atoms with Crippen molar-refractivity contribution in [1.29, 1.82) is 0 Å². The van der Waals surface area contributed by atoms with Crippen LogP contribution in [0.4, 0.5) is 5.13 Å². The Hall–Kier alpha value is -4.19. The largest absolute Gasteiger partial charge is 0.507 e. The fourth-order valence-electron chi connectivity index (χ4n) is 4.58. The van der Waals surface area contributed by atoms with Gasteiger partial charge in [-0.2, -0.15) is 0 Å². The molecule has 3 aromatic carbocycles. The highest BCUT2D eigenvalue weighted by Gasteiger charge is 2.48. The number of halogens is 1. The Balaban J connectivity index is 1.51. The number of carbonyl (C=O) groups is 3. The van der Waals surface area contributed by atoms with Crippen LogP contribution in [0, 0.1) is 0 Å². The summed E-state index contributed by atoms with van der Waals surface area (Å²) in [7, 11) is 1.28. The van der Waals surface area contributed by atoms with E-state index in [1.807, 2.05) is 18.2 Å². The quantitative estimate of drug-likeness (QED) is 0.0346. The maximum atomic E-state index is 13.5. The number of Topliss-reactive ketones (excluding diaryl/α,β-unsaturated/α-hetero) is 1. The Labute approximate surface area is 267 Å². The van der Waals surface area contributed by atoms with E-state index < -0.39 is 23.7 Å². The van der Waals surface area contributed by atoms with Crippen LogP contribution >= 0.6 is 34.7 Å². The van der Waals surface area contributed by atoms with Crippen molar-refractivity contribution in [3.05, 3.63) is 106 Å². The fourth-order valence-corrected chi connectivity index (χ4v) is 6.73. The van der Waals surface area contributed by atoms with Gasteiger partial charge in [0.15, 0.2) is 4.34 Å². The third kappa shape index (κ3) is 6.64. The molecule has 1 aliphatic rings. The third-order valence-corrected chi connectivity index (χ3v) is 9.37. The molecular weight excluding hydrogens is 622 g/mol. The summed E-state index contributed by atoms with van der Waals surface area (Å²) in [5.74, 6) is -1.44. The zero-order valence-electron chi connectivity index (χ0n) is 23.9. The molecule has 0 spiro atoms. The number of amides is 1. The van der Waals surface area contributed by atoms with Crippen LogP contribution < -0.4 is 9.64 Å². The van der Waals surface area contributed by atoms with E-state index in [0.29, 0.717) is 44.2 Å². The van der Waals surface area contributed by atoms with Crippen LogP contribution in [0.3, 0.4) is 0 Å². The number of nitrogens with zero attached hydrogens (tertiary/aromatic N) is 3. The van der Waals surface area contributed by atoms with E-state index in [1.165, 1.54) is 35.9 Å². The molecule has 1 aromatic heterocycles. The van der Waals surface area contributed by atoms with Gasteiger partial charge in [0.05, 0.1) is 30.9 Å². The average Bonchev–Trinajstić information content (AvgIpc) is 3.62. The van der Waals surface area contributed by atoms with Gasteiger partial charge in [-0.3, -0.25) is 14.5 Å². The van der Waals surface area contributed by atoms with Gasteiger partial charge in [-0.05, 0) is 60.0 Å². The standard InChI is InChI=1S/C32H28ClN3O6S2/c1-3-4-17-42-23-15-13-20(14-16-23)27(37)25-26(19-9-11-21(12-10-19)30(40)41-2)36(29(39)28(25)38)31-34-35-32(44-31)43-18-22-7-5-6-8-24(22)33/h5-16,26,37H,3-4,17-18H2,1-2H3/b27-25-. The lowest BCUT2D eigenvalue weighted by Gasteiger charge is -2.22. The summed E-state index contributed by atoms with van der Waals surface area (Å²) in [5, 5.41) is 20.7. The van der Waals surface area contributed by atoms with Crippen molar-refractivity contribution in [2.75, 3.05) is 18.6 Å². The lowest BCUT2D eigenvalue weighted by atomic mass is 9.94. The number of methoxy groups -OCH3 is 1. The SMILES string of the molecule is CCCCOc1ccc(/C(O)=C2/C(=O)C(=O)N(c3nnc(SCc4ccccc4Cl)s3)C2c2ccc(C(=O)OC)cc2)cc1. The van der Waals surface area contributed by atoms with Crippen LogP contribution in [0.15, 0.2) is 82.7 Å². The number of rotatable bonds is 11. The Morgan fingerprint density at radius 2 is 1.73 bits per heavy atom. The number of esters is 1. The van der Waals surface area contributed by atoms with E-state index in [0.717, 1.165) is 29.7 Å². The van der Waals surface area contributed by atoms with Crippen LogP contribution in [-0.2, 0) is 20.1 Å². The van der Waals surface area contributed by atoms with E-state index in [4.69, 9.17) is 21.1 Å². The fraction of sp³-hybridized carbons (Fsp3) is 0.219. The molecule has 1 unspecified atom stereocenters. The van der Waals surface area contributed by atoms with Crippen LogP contribution in [0.25, 0.3) is 5.76 Å². The zero-order valence-corrected chi connectivity index (χ0v) is 26.2. The first-order chi connectivity index (χ1) is 21.3. The van der Waals surface area contributed by atoms with Crippen LogP contribution in [0.5, 0.6) is 5.75 Å². The summed E-state index contributed by atoms with van der Waals surface area (Å²) in [4.78, 5) is 40.4. The molecule has 5 rings (SSSR count). The molecule has 1 saturated heterocycles. The highest BCUT2D eigenvalue weighted by Crippen LogP contribution is 2.44. The minimum absolute atomic E-state index is 0.110. The lowest BCUT2D eigenvalue weighted by Crippen LogP contribution is -2.29. The first-order valence-corrected chi connectivity index (χ1v) is 15.9. The monoisotopic (exact) mass is 649 g/mol. The maximum Gasteiger partial charge on any atom is 0.337 e. The molecule has 1 atom stereocenters. The smallest absolute Gasteiger partial charge is 0.337 e. The second kappa shape index (κ2) is 14.1. The van der Waals surface area contributed by atoms with Crippen molar-refractivity contribution in [1.82, 2.24) is 10.2 Å². The number of aliphatic hydroxyl groups is 1. The highest BCUT2D eigenvalue weighted by molar-refractivity contribution is 8.00. The summed E-state index contributed by atoms with van der Waals surface area (Å²) in [6.07, 6.45) is 1.90. The van der Waals surface area contributed by atoms with Gasteiger partial charge in [-0.1, -0.05) is 78.4 Å². The van der Waals surface area contributed by atoms with Gasteiger partial charge >= 0.3 is 11.9 Å². The number of aromatic nitrogens is 2. The minimum atomic E-state index is -1.03. The van der Waals surface area contributed by atoms with Crippen LogP contribution in [0.1, 0.15) is 52.9 Å². The number of aliphatic hydroxyl groups excluding tert-OH is 1. The second-order valence-electron chi connectivity index (χ2n) is 9.74. The molecule has 1 aliphatic heterocycles. The molecule has 1 amide bonds. The number of benzene rings is 3. The van der Waals surface area contributed by atoms with Gasteiger partial charge in [-0.25, -0.2) is 4.79 Å². The van der Waals surface area contributed by atoms with Gasteiger partial charge in [0, 0.05) is 16.3 Å². The highest BCUT2D eigenvalue weighted by atomic mass is 35.5. The Kier molecular flexibility index (Phi) is 9.99. The van der Waals surface area contributed by atoms with Crippen molar-refractivity contribution in [2.45, 2.75) is 35.9 Å². The summed E-state index contributed by atoms with van der Waals surface area (Å²) in [6, 6.07) is 19.4. The first kappa shape index (κ1) is 31.2. The molecule has 9 nitrogen and oxygen atoms in total. The molecule has 44 heavy (non-hydrogen) atoms. The Morgan fingerprint density at radius 1 is 1.02 bits per heavy atom. The number of carbonyl (C=O) groups excluding carboxylic acids is 3. The van der Waals surface area contributed by atoms with Crippen molar-refractivity contribution < 1.29 is 29.0 Å². The number of anilines is 1. The third-order valence-electron chi connectivity index (χ3n) is 6.90. The summed E-state index contributed by atoms with van der Waals surface area (Å²) in [6.45, 7) is 2.64. The number of ketones is 1. The van der Waals surface area contributed by atoms with Gasteiger partial charge in [0.1, 0.15) is 11.5 Å². The Morgan fingerprint density at radius 3 is 2.41 bits per heavy atom. The first-order valence-electron chi connectivity index (χ1n) is 13.7. The molecule has 0 saturated carbocycles. The molecule has 4 aromatic rings. The lowest BCUT2D eigenvalue weighted by molar-refractivity contribution is -0.132. The molecule has 226 valence electrons. The number of ether oxygens (including phenoxy) is 2. The van der Waals surface area contributed by atoms with Crippen molar-refractivity contribution >= 4 is 63.3 Å². The molecule has 0 radical (unpaired) electrons. The van der Waals surface area contributed by atoms with Crippen LogP contribution in [0.2, 0.25) is 5.02 Å². The second-order valence-corrected chi connectivity index (χ2v) is 12.3. The number of unbranched alkanes of at least 4 members (excludes halogenated alkanes) is 1. The molecule has 1 fully saturated rings. The van der Waals surface area contributed by atoms with E-state index in [9.17, 15) is 19.5 Å². The predicted octanol–water partition coefficient (Wildman–Crippen LogP) is 7.08. The topological polar surface area (TPSA) is 119 Å². The van der Waals surface area contributed by atoms with Gasteiger partial charge in [0.2, 0.25) is 5.13 Å². The molecule has 2 heterocycles. The maximum absolute atomic E-state index is 13.5. The molecular formula is C32H28ClN3O6S2. The van der Waals surface area contributed by atoms with Gasteiger partial charge in [0.25, 0.3) is 5.78 Å². The number of hydrogen-bond donors (Lipinski definition) is 1. The van der Waals surface area contributed by atoms with Crippen molar-refractivity contribution in [3.63, 3.8) is 0 Å². The summed E-state index contributed by atoms with van der Waals surface area (Å²) >= 11 is 8.84. The van der Waals surface area contributed by atoms with Crippen molar-refractivity contribution in [3.8, 4) is 5.75 Å². The number of hydrogen-bond acceptors (Lipinski definition) is 10. The molecule has 1 N–H and O–H groups in total. The molecule has 0 aliphatic carbocycles. The normalized spacial score (nSPS) is 15.9. The minimum Gasteiger partial charge on any atom is -0.507 e. The predicted molar refractivity (Wildman–Crippen MR) is 170 cm³/mol. The zero-order chi connectivity index (χ0) is 31.2. The van der Waals surface area contributed by atoms with E-state index in [-0.39, 0.29) is 16.5 Å². The van der Waals surface area contributed by atoms with Gasteiger partial charge in [-0.15, -0.1) is 10.2 Å². The van der Waals surface area contributed by atoms with E-state index >= 15 is 0 Å². The summed E-state index contributed by atoms with van der Waals surface area (Å²) < 4.78 is 11.1.